The van der Waals surface area contributed by atoms with E-state index in [2.05, 4.69) is 32.0 Å². The minimum Gasteiger partial charge on any atom is -0.439 e. The molecule has 472 valence electrons. The highest BCUT2D eigenvalue weighted by atomic mass is 31.2. The smallest absolute Gasteiger partial charge is 0.439 e. The number of hydrogen-bond acceptors (Lipinski definition) is 11. The molecule has 0 fully saturated rings. The fraction of sp³-hybridized carbons (Fsp3) is 0.0886. The number of aliphatic hydroxyl groups excluding tert-OH is 1. The van der Waals surface area contributed by atoms with Crippen molar-refractivity contribution in [3.8, 4) is 67.5 Å². The summed E-state index contributed by atoms with van der Waals surface area (Å²) in [6.07, 6.45) is 0.985. The number of aliphatic hydroxyl groups is 1. The first-order valence-electron chi connectivity index (χ1n) is 31.0. The summed E-state index contributed by atoms with van der Waals surface area (Å²) in [4.78, 5) is 0. The normalized spacial score (nSPS) is 18.5. The van der Waals surface area contributed by atoms with Gasteiger partial charge in [0.05, 0.1) is 46.3 Å². The van der Waals surface area contributed by atoms with E-state index in [1.54, 1.807) is 6.66 Å². The van der Waals surface area contributed by atoms with Crippen molar-refractivity contribution in [2.45, 2.75) is 26.2 Å². The van der Waals surface area contributed by atoms with E-state index in [1.807, 2.05) is 273 Å². The second kappa shape index (κ2) is 27.5. The van der Waals surface area contributed by atoms with Crippen LogP contribution < -0.4 is 39.3 Å². The van der Waals surface area contributed by atoms with Gasteiger partial charge >= 0.3 is 7.65 Å². The Morgan fingerprint density at radius 2 is 0.695 bits per heavy atom. The maximum atomic E-state index is 13.8. The molecular weight excluding hydrogens is 1280 g/mol. The molecule has 1 aromatic heterocycles. The Labute approximate surface area is 553 Å². The Hall–Kier alpha value is -9.38. The van der Waals surface area contributed by atoms with E-state index in [-0.39, 0.29) is 12.8 Å². The fourth-order valence-corrected chi connectivity index (χ4v) is 21.9. The molecule has 0 saturated carbocycles. The summed E-state index contributed by atoms with van der Waals surface area (Å²) in [5.74, 6) is 2.77. The van der Waals surface area contributed by atoms with Crippen molar-refractivity contribution in [1.29, 1.82) is 0 Å². The minimum atomic E-state index is -3.00. The summed E-state index contributed by atoms with van der Waals surface area (Å²) in [6, 6.07) is 93.4. The zero-order valence-corrected chi connectivity index (χ0v) is 56.8. The Kier molecular flexibility index (Phi) is 18.6. The van der Waals surface area contributed by atoms with Crippen LogP contribution in [0.4, 0.5) is 0 Å². The minimum absolute atomic E-state index is 0.145. The van der Waals surface area contributed by atoms with Crippen molar-refractivity contribution in [1.82, 2.24) is 0 Å². The van der Waals surface area contributed by atoms with E-state index in [0.29, 0.717) is 46.2 Å². The van der Waals surface area contributed by atoms with E-state index in [0.717, 1.165) is 87.4 Å². The molecule has 5 unspecified atom stereocenters. The van der Waals surface area contributed by atoms with Crippen molar-refractivity contribution in [3.63, 3.8) is 0 Å². The monoisotopic (exact) mass is 1350 g/mol. The first kappa shape index (κ1) is 64.3. The van der Waals surface area contributed by atoms with Crippen molar-refractivity contribution in [3.05, 3.63) is 313 Å². The first-order valence-corrected chi connectivity index (χ1v) is 39.7. The van der Waals surface area contributed by atoms with Crippen molar-refractivity contribution >= 4 is 79.8 Å². The van der Waals surface area contributed by atoms with Gasteiger partial charge in [-0.2, -0.15) is 0 Å². The van der Waals surface area contributed by atoms with Crippen LogP contribution in [0.1, 0.15) is 22.3 Å². The molecule has 0 bridgehead atoms. The Balaban J connectivity index is 0.000000109. The lowest BCUT2D eigenvalue weighted by Gasteiger charge is -2.28. The SMILES string of the molecule is CP1(=O)Oc2ccccc2-c2ccccc21.Cc1cc(C)cc(CP2(=O)Oc3ccccc3-c3ccccc32)c1.O=P1(CCO)Oc2ccccc2-c2ccccc21.O=P1(Cc2ccccc2)Oc2ccccc2-c2ccccc21.O=[p+]1oc2ccccc2c2ccccc21. The number of benzene rings is 12. The molecular formula is C79H66O11P5+. The summed E-state index contributed by atoms with van der Waals surface area (Å²) in [5.41, 5.74) is 13.2. The second-order valence-electron chi connectivity index (χ2n) is 23.4. The molecule has 1 N–H and O–H groups in total. The van der Waals surface area contributed by atoms with Gasteiger partial charge in [-0.1, -0.05) is 236 Å². The molecule has 0 amide bonds. The van der Waals surface area contributed by atoms with Crippen LogP contribution in [0.25, 0.3) is 66.0 Å². The summed E-state index contributed by atoms with van der Waals surface area (Å²) in [6.45, 7) is 5.66. The van der Waals surface area contributed by atoms with Gasteiger partial charge in [-0.25, -0.2) is 4.20 Å². The molecule has 13 aromatic rings. The fourth-order valence-electron chi connectivity index (χ4n) is 12.5. The molecule has 11 nitrogen and oxygen atoms in total. The van der Waals surface area contributed by atoms with Crippen LogP contribution in [0.3, 0.4) is 0 Å². The molecule has 0 radical (unpaired) electrons. The predicted molar refractivity (Wildman–Crippen MR) is 388 cm³/mol. The van der Waals surface area contributed by atoms with Crippen molar-refractivity contribution < 1.29 is 50.2 Å². The summed E-state index contributed by atoms with van der Waals surface area (Å²) >= 11 is 0. The van der Waals surface area contributed by atoms with Gasteiger partial charge in [-0.3, -0.25) is 18.3 Å². The molecule has 0 spiro atoms. The predicted octanol–water partition coefficient (Wildman–Crippen LogP) is 20.6. The lowest BCUT2D eigenvalue weighted by molar-refractivity contribution is 0.316. The highest BCUT2D eigenvalue weighted by Crippen LogP contribution is 2.59. The van der Waals surface area contributed by atoms with Crippen LogP contribution in [0, 0.1) is 13.8 Å². The van der Waals surface area contributed by atoms with Gasteiger partial charge < -0.3 is 23.2 Å². The van der Waals surface area contributed by atoms with Crippen LogP contribution in [0.2, 0.25) is 0 Å². The standard InChI is InChI=1S/C21H19O2P.C19H15O2P.C14H13O3P.C13H11O2P.C12H8O2P/c1-15-11-16(2)13-17(12-15)14-24(22)21-10-6-4-8-19(21)18-7-3-5-9-20(18)23-24;20-22(14-15-8-2-1-3-9-15)19-13-7-5-11-17(19)16-10-4-6-12-18(16)21-22;15-9-10-18(16)14-8-4-2-6-12(14)11-5-1-3-7-13(11)17-18;1-16(14)13-9-5-3-7-11(13)10-6-2-4-8-12(10)15-16;13-15-12-8-4-2-6-10(12)9-5-1-3-7-11(9)14-15/h3-13H,14H2,1-2H3;1-13H,14H2;1-8,15H,9-10H2;2-9H,1H3;1-8H/q;;;;+1. The zero-order valence-electron chi connectivity index (χ0n) is 52.3. The first-order chi connectivity index (χ1) is 46.1. The van der Waals surface area contributed by atoms with Gasteiger partial charge in [0.2, 0.25) is 5.12 Å². The molecule has 4 aliphatic rings. The number of para-hydroxylation sites is 5. The third-order valence-electron chi connectivity index (χ3n) is 16.6. The van der Waals surface area contributed by atoms with Gasteiger partial charge in [-0.15, -0.1) is 0 Å². The lowest BCUT2D eigenvalue weighted by Crippen LogP contribution is -2.20. The molecule has 0 aliphatic carbocycles. The van der Waals surface area contributed by atoms with Crippen LogP contribution in [-0.4, -0.2) is 24.5 Å². The molecule has 16 heteroatoms. The highest BCUT2D eigenvalue weighted by Gasteiger charge is 2.39. The van der Waals surface area contributed by atoms with E-state index in [1.165, 1.54) is 11.1 Å². The maximum Gasteiger partial charge on any atom is 0.597 e. The van der Waals surface area contributed by atoms with Crippen LogP contribution in [0.15, 0.2) is 295 Å². The molecule has 5 atom stereocenters. The summed E-state index contributed by atoms with van der Waals surface area (Å²) < 4.78 is 93.1. The third-order valence-corrected chi connectivity index (χ3v) is 26.8. The number of hydrogen-bond donors (Lipinski definition) is 1. The van der Waals surface area contributed by atoms with Crippen molar-refractivity contribution in [2.75, 3.05) is 19.4 Å². The van der Waals surface area contributed by atoms with Gasteiger partial charge in [0, 0.05) is 39.7 Å². The molecule has 5 heterocycles. The third kappa shape index (κ3) is 13.5. The molecule has 4 aliphatic heterocycles. The van der Waals surface area contributed by atoms with Crippen molar-refractivity contribution in [2.24, 2.45) is 0 Å². The Bertz CT molecular complexity index is 5270. The van der Waals surface area contributed by atoms with E-state index >= 15 is 0 Å². The second-order valence-corrected chi connectivity index (χ2v) is 34.0. The van der Waals surface area contributed by atoms with E-state index < -0.39 is 37.1 Å². The quantitative estimate of drug-likeness (QED) is 0.125. The highest BCUT2D eigenvalue weighted by molar-refractivity contribution is 7.68. The molecule has 0 saturated heterocycles. The number of fused-ring (bicyclic) bond motifs is 15. The molecule has 17 rings (SSSR count). The molecule has 95 heavy (non-hydrogen) atoms. The maximum absolute atomic E-state index is 13.8. The van der Waals surface area contributed by atoms with Crippen LogP contribution in [0.5, 0.6) is 23.0 Å². The van der Waals surface area contributed by atoms with Crippen LogP contribution >= 0.6 is 37.1 Å². The summed E-state index contributed by atoms with van der Waals surface area (Å²) in [5, 5.41) is 15.1. The zero-order chi connectivity index (χ0) is 65.7. The Morgan fingerprint density at radius 1 is 0.347 bits per heavy atom. The largest absolute Gasteiger partial charge is 0.597 e. The van der Waals surface area contributed by atoms with Gasteiger partial charge in [-0.05, 0) is 119 Å². The van der Waals surface area contributed by atoms with E-state index in [4.69, 9.17) is 27.4 Å². The average Bonchev–Trinajstić information content (AvgIpc) is 0.779. The lowest BCUT2D eigenvalue weighted by atomic mass is 10.0. The van der Waals surface area contributed by atoms with Gasteiger partial charge in [0.1, 0.15) is 23.0 Å². The summed E-state index contributed by atoms with van der Waals surface area (Å²) in [7, 11) is -13.4. The number of aryl methyl sites for hydroxylation is 2. The number of rotatable bonds is 6. The average molecular weight is 1350 g/mol. The topological polar surface area (TPSA) is 156 Å². The molecule has 12 aromatic carbocycles. The Morgan fingerprint density at radius 3 is 1.18 bits per heavy atom. The van der Waals surface area contributed by atoms with Crippen LogP contribution in [-0.2, 0) is 35.1 Å². The van der Waals surface area contributed by atoms with E-state index in [9.17, 15) is 22.8 Å². The van der Waals surface area contributed by atoms with Gasteiger partial charge in [0.15, 0.2) is 5.58 Å². The van der Waals surface area contributed by atoms with Gasteiger partial charge in [0.25, 0.3) is 29.5 Å².